The molecule has 1 aliphatic heterocycles. The van der Waals surface area contributed by atoms with Gasteiger partial charge in [0, 0.05) is 38.1 Å². The van der Waals surface area contributed by atoms with E-state index in [9.17, 15) is 23.5 Å². The van der Waals surface area contributed by atoms with Crippen molar-refractivity contribution in [3.8, 4) is 0 Å². The Morgan fingerprint density at radius 1 is 1.24 bits per heavy atom. The number of ether oxygens (including phenoxy) is 1. The van der Waals surface area contributed by atoms with Crippen molar-refractivity contribution in [2.45, 2.75) is 109 Å². The summed E-state index contributed by atoms with van der Waals surface area (Å²) in [6.07, 6.45) is 5.21. The van der Waals surface area contributed by atoms with Gasteiger partial charge in [-0.25, -0.2) is 8.78 Å². The molecule has 7 heteroatoms. The number of amides is 1. The molecule has 2 rings (SSSR count). The molecule has 1 aliphatic carbocycles. The van der Waals surface area contributed by atoms with Crippen LogP contribution in [0.25, 0.3) is 0 Å². The first-order chi connectivity index (χ1) is 13.7. The lowest BCUT2D eigenvalue weighted by Crippen LogP contribution is -2.55. The van der Waals surface area contributed by atoms with Gasteiger partial charge in [0.15, 0.2) is 0 Å². The van der Waals surface area contributed by atoms with Gasteiger partial charge in [0.2, 0.25) is 11.7 Å². The van der Waals surface area contributed by atoms with Crippen LogP contribution in [-0.4, -0.2) is 41.2 Å². The van der Waals surface area contributed by atoms with Gasteiger partial charge in [0.25, 0.3) is 0 Å². The smallest absolute Gasteiger partial charge is 0.300 e. The van der Waals surface area contributed by atoms with E-state index in [4.69, 9.17) is 4.74 Å². The van der Waals surface area contributed by atoms with E-state index in [1.807, 2.05) is 13.8 Å². The molecule has 0 aromatic rings. The fourth-order valence-corrected chi connectivity index (χ4v) is 4.71. The van der Waals surface area contributed by atoms with Gasteiger partial charge in [-0.15, -0.1) is 0 Å². The number of ketones is 1. The molecule has 5 nitrogen and oxygen atoms in total. The van der Waals surface area contributed by atoms with Gasteiger partial charge in [-0.1, -0.05) is 32.6 Å². The first-order valence-electron chi connectivity index (χ1n) is 11.3. The number of nitrogens with one attached hydrogen (secondary N) is 1. The van der Waals surface area contributed by atoms with Crippen LogP contribution in [0.15, 0.2) is 0 Å². The molecule has 2 N–H and O–H groups in total. The Bertz CT molecular complexity index is 557. The number of halogens is 2. The third-order valence-corrected chi connectivity index (χ3v) is 6.43. The molecule has 4 atom stereocenters. The summed E-state index contributed by atoms with van der Waals surface area (Å²) in [6, 6.07) is 0. The van der Waals surface area contributed by atoms with E-state index in [1.54, 1.807) is 0 Å². The number of Topliss-reactive ketones (excluding diaryl/α,β-unsaturated/α-hetero) is 1. The summed E-state index contributed by atoms with van der Waals surface area (Å²) in [5.41, 5.74) is 0. The molecule has 1 saturated carbocycles. The average molecular weight is 418 g/mol. The molecular formula is C22H37F2NO4. The minimum absolute atomic E-state index is 0.0694. The first-order valence-corrected chi connectivity index (χ1v) is 11.3. The lowest BCUT2D eigenvalue weighted by atomic mass is 9.81. The highest BCUT2D eigenvalue weighted by atomic mass is 19.3. The van der Waals surface area contributed by atoms with Crippen LogP contribution in [0.5, 0.6) is 0 Å². The van der Waals surface area contributed by atoms with Crippen molar-refractivity contribution in [3.63, 3.8) is 0 Å². The number of hydrogen-bond donors (Lipinski definition) is 2. The number of hydrogen-bond acceptors (Lipinski definition) is 4. The standard InChI is InChI=1S/C22H37F2NO4/c1-3-5-13-21(23,24)22(28)14-12-17-16(18(26)15-19(17)29-22)10-8-6-7-9-11-20(27)25-4-2/h16-17,19,28H,3-15H2,1-2H3,(H,25,27)/t16-,17?,19-,22-/m1/s1. The minimum atomic E-state index is -3.29. The molecule has 0 radical (unpaired) electrons. The van der Waals surface area contributed by atoms with Gasteiger partial charge in [-0.2, -0.15) is 0 Å². The molecule has 168 valence electrons. The number of carbonyl (C=O) groups is 2. The number of carbonyl (C=O) groups excluding carboxylic acids is 2. The number of rotatable bonds is 12. The van der Waals surface area contributed by atoms with Crippen LogP contribution in [0.3, 0.4) is 0 Å². The van der Waals surface area contributed by atoms with Crippen molar-refractivity contribution in [2.75, 3.05) is 6.54 Å². The SMILES string of the molecule is CCCCC(F)(F)[C@@]1(O)CCC2[C@@H](CC(=O)[C@@H]2CCCCCCC(=O)NCC)O1. The Labute approximate surface area is 173 Å². The average Bonchev–Trinajstić information content (AvgIpc) is 2.97. The minimum Gasteiger partial charge on any atom is -0.361 e. The molecule has 1 saturated heterocycles. The summed E-state index contributed by atoms with van der Waals surface area (Å²) in [5, 5.41) is 13.3. The second-order valence-corrected chi connectivity index (χ2v) is 8.63. The van der Waals surface area contributed by atoms with Gasteiger partial charge in [0.1, 0.15) is 5.78 Å². The molecule has 2 aliphatic rings. The molecule has 1 amide bonds. The molecule has 0 spiro atoms. The highest BCUT2D eigenvalue weighted by Gasteiger charge is 2.59. The van der Waals surface area contributed by atoms with Crippen LogP contribution in [-0.2, 0) is 14.3 Å². The lowest BCUT2D eigenvalue weighted by Gasteiger charge is -2.43. The van der Waals surface area contributed by atoms with Crippen molar-refractivity contribution in [2.24, 2.45) is 11.8 Å². The Morgan fingerprint density at radius 3 is 2.66 bits per heavy atom. The summed E-state index contributed by atoms with van der Waals surface area (Å²) in [5.74, 6) is -5.82. The third-order valence-electron chi connectivity index (χ3n) is 6.43. The Kier molecular flexibility index (Phi) is 9.01. The second-order valence-electron chi connectivity index (χ2n) is 8.63. The zero-order valence-corrected chi connectivity index (χ0v) is 17.9. The number of alkyl halides is 2. The van der Waals surface area contributed by atoms with E-state index < -0.39 is 24.2 Å². The van der Waals surface area contributed by atoms with Crippen molar-refractivity contribution >= 4 is 11.7 Å². The Hall–Kier alpha value is -1.08. The van der Waals surface area contributed by atoms with E-state index >= 15 is 0 Å². The van der Waals surface area contributed by atoms with E-state index in [-0.39, 0.29) is 36.4 Å². The predicted octanol–water partition coefficient (Wildman–Crippen LogP) is 4.36. The van der Waals surface area contributed by atoms with Gasteiger partial charge in [-0.05, 0) is 38.5 Å². The maximum absolute atomic E-state index is 14.5. The van der Waals surface area contributed by atoms with E-state index in [1.165, 1.54) is 0 Å². The zero-order chi connectivity index (χ0) is 21.5. The molecule has 0 aromatic heterocycles. The van der Waals surface area contributed by atoms with Crippen LogP contribution in [0.4, 0.5) is 8.78 Å². The summed E-state index contributed by atoms with van der Waals surface area (Å²) in [6.45, 7) is 4.37. The molecule has 29 heavy (non-hydrogen) atoms. The van der Waals surface area contributed by atoms with Gasteiger partial charge >= 0.3 is 5.92 Å². The Balaban J connectivity index is 1.78. The monoisotopic (exact) mass is 417 g/mol. The van der Waals surface area contributed by atoms with Crippen LogP contribution in [0, 0.1) is 11.8 Å². The van der Waals surface area contributed by atoms with Gasteiger partial charge < -0.3 is 15.2 Å². The fourth-order valence-electron chi connectivity index (χ4n) is 4.71. The molecule has 0 aromatic carbocycles. The van der Waals surface area contributed by atoms with E-state index in [2.05, 4.69) is 5.32 Å². The second kappa shape index (κ2) is 10.8. The van der Waals surface area contributed by atoms with Crippen LogP contribution in [0.1, 0.15) is 90.9 Å². The molecule has 1 heterocycles. The Morgan fingerprint density at radius 2 is 1.97 bits per heavy atom. The van der Waals surface area contributed by atoms with Crippen LogP contribution < -0.4 is 5.32 Å². The lowest BCUT2D eigenvalue weighted by molar-refractivity contribution is -0.356. The maximum atomic E-state index is 14.5. The van der Waals surface area contributed by atoms with Crippen LogP contribution >= 0.6 is 0 Å². The summed E-state index contributed by atoms with van der Waals surface area (Å²) < 4.78 is 34.4. The van der Waals surface area contributed by atoms with E-state index in [0.29, 0.717) is 32.2 Å². The molecular weight excluding hydrogens is 380 g/mol. The maximum Gasteiger partial charge on any atom is 0.300 e. The molecule has 1 unspecified atom stereocenters. The fraction of sp³-hybridized carbons (Fsp3) is 0.909. The molecule has 2 fully saturated rings. The van der Waals surface area contributed by atoms with Crippen molar-refractivity contribution < 1.29 is 28.2 Å². The summed E-state index contributed by atoms with van der Waals surface area (Å²) in [7, 11) is 0. The van der Waals surface area contributed by atoms with Crippen molar-refractivity contribution in [1.82, 2.24) is 5.32 Å². The zero-order valence-electron chi connectivity index (χ0n) is 17.9. The quantitative estimate of drug-likeness (QED) is 0.463. The number of fused-ring (bicyclic) bond motifs is 1. The number of aliphatic hydroxyl groups is 1. The predicted molar refractivity (Wildman–Crippen MR) is 107 cm³/mol. The van der Waals surface area contributed by atoms with Crippen molar-refractivity contribution in [1.29, 1.82) is 0 Å². The third kappa shape index (κ3) is 6.20. The largest absolute Gasteiger partial charge is 0.361 e. The highest BCUT2D eigenvalue weighted by molar-refractivity contribution is 5.84. The summed E-state index contributed by atoms with van der Waals surface area (Å²) in [4.78, 5) is 23.9. The van der Waals surface area contributed by atoms with Gasteiger partial charge in [-0.3, -0.25) is 9.59 Å². The summed E-state index contributed by atoms with van der Waals surface area (Å²) >= 11 is 0. The number of unbranched alkanes of at least 4 members (excludes halogenated alkanes) is 4. The highest BCUT2D eigenvalue weighted by Crippen LogP contribution is 2.49. The van der Waals surface area contributed by atoms with Crippen LogP contribution in [0.2, 0.25) is 0 Å². The topological polar surface area (TPSA) is 75.6 Å². The molecule has 0 bridgehead atoms. The van der Waals surface area contributed by atoms with Gasteiger partial charge in [0.05, 0.1) is 6.10 Å². The van der Waals surface area contributed by atoms with Crippen molar-refractivity contribution in [3.05, 3.63) is 0 Å². The normalized spacial score (nSPS) is 29.7. The first kappa shape index (κ1) is 24.2. The van der Waals surface area contributed by atoms with E-state index in [0.717, 1.165) is 32.1 Å².